The molecule has 0 saturated carbocycles. The summed E-state index contributed by atoms with van der Waals surface area (Å²) in [5.41, 5.74) is 1.20. The molecule has 0 spiro atoms. The second-order valence-electron chi connectivity index (χ2n) is 8.84. The van der Waals surface area contributed by atoms with Crippen molar-refractivity contribution in [3.8, 4) is 5.75 Å². The first-order valence-electron chi connectivity index (χ1n) is 11.5. The van der Waals surface area contributed by atoms with Gasteiger partial charge in [0.25, 0.3) is 5.91 Å². The molecule has 3 aromatic carbocycles. The highest BCUT2D eigenvalue weighted by atomic mass is 32.2. The lowest BCUT2D eigenvalue weighted by Crippen LogP contribution is -2.33. The van der Waals surface area contributed by atoms with Crippen molar-refractivity contribution in [3.63, 3.8) is 0 Å². The van der Waals surface area contributed by atoms with Crippen LogP contribution in [-0.2, 0) is 29.3 Å². The van der Waals surface area contributed by atoms with Crippen LogP contribution in [0.3, 0.4) is 0 Å². The summed E-state index contributed by atoms with van der Waals surface area (Å²) in [6.07, 6.45) is -3.82. The summed E-state index contributed by atoms with van der Waals surface area (Å²) in [7, 11) is -4.51. The third-order valence-electron chi connectivity index (χ3n) is 5.41. The van der Waals surface area contributed by atoms with Crippen LogP contribution in [0.1, 0.15) is 47.8 Å². The molecule has 1 amide bonds. The van der Waals surface area contributed by atoms with Crippen LogP contribution in [0.2, 0.25) is 0 Å². The van der Waals surface area contributed by atoms with Gasteiger partial charge in [-0.05, 0) is 65.9 Å². The van der Waals surface area contributed by atoms with Gasteiger partial charge >= 0.3 is 16.3 Å². The number of aryl methyl sites for hydroxylation is 1. The van der Waals surface area contributed by atoms with E-state index in [-0.39, 0.29) is 24.1 Å². The Morgan fingerprint density at radius 2 is 1.61 bits per heavy atom. The van der Waals surface area contributed by atoms with Crippen molar-refractivity contribution in [2.24, 2.45) is 5.92 Å². The van der Waals surface area contributed by atoms with Crippen LogP contribution in [0.25, 0.3) is 0 Å². The molecule has 0 aliphatic rings. The predicted octanol–water partition coefficient (Wildman–Crippen LogP) is 6.33. The van der Waals surface area contributed by atoms with Crippen LogP contribution in [0.5, 0.6) is 5.75 Å². The summed E-state index contributed by atoms with van der Waals surface area (Å²) in [5, 5.41) is 0. The molecule has 0 aliphatic carbocycles. The van der Waals surface area contributed by atoms with Crippen LogP contribution in [0, 0.1) is 5.92 Å². The van der Waals surface area contributed by atoms with Crippen LogP contribution < -0.4 is 4.18 Å². The zero-order valence-electron chi connectivity index (χ0n) is 20.2. The molecular weight excluding hydrogens is 491 g/mol. The molecule has 3 rings (SSSR count). The molecule has 0 unspecified atom stereocenters. The van der Waals surface area contributed by atoms with Gasteiger partial charge in [-0.3, -0.25) is 4.79 Å². The van der Waals surface area contributed by atoms with E-state index >= 15 is 0 Å². The second-order valence-corrected chi connectivity index (χ2v) is 10.4. The van der Waals surface area contributed by atoms with E-state index in [1.165, 1.54) is 12.1 Å². The lowest BCUT2D eigenvalue weighted by molar-refractivity contribution is -0.137. The summed E-state index contributed by atoms with van der Waals surface area (Å²) in [6.45, 7) is 6.68. The molecule has 0 heterocycles. The fourth-order valence-corrected chi connectivity index (χ4v) is 4.61. The van der Waals surface area contributed by atoms with Gasteiger partial charge in [0.05, 0.1) is 5.56 Å². The van der Waals surface area contributed by atoms with Gasteiger partial charge in [0, 0.05) is 18.7 Å². The van der Waals surface area contributed by atoms with Gasteiger partial charge in [-0.2, -0.15) is 21.6 Å². The van der Waals surface area contributed by atoms with E-state index < -0.39 is 26.8 Å². The van der Waals surface area contributed by atoms with Crippen molar-refractivity contribution in [2.75, 3.05) is 6.54 Å². The maximum absolute atomic E-state index is 13.2. The number of amides is 1. The Morgan fingerprint density at radius 3 is 2.22 bits per heavy atom. The van der Waals surface area contributed by atoms with Gasteiger partial charge in [0.1, 0.15) is 10.6 Å². The zero-order chi connectivity index (χ0) is 26.5. The molecule has 192 valence electrons. The Hall–Kier alpha value is -3.33. The van der Waals surface area contributed by atoms with E-state index in [2.05, 4.69) is 0 Å². The minimum atomic E-state index is -4.69. The number of hydrogen-bond acceptors (Lipinski definition) is 4. The highest BCUT2D eigenvalue weighted by molar-refractivity contribution is 7.87. The Morgan fingerprint density at radius 1 is 0.944 bits per heavy atom. The van der Waals surface area contributed by atoms with Gasteiger partial charge in [-0.15, -0.1) is 0 Å². The minimum absolute atomic E-state index is 0.0610. The molecule has 36 heavy (non-hydrogen) atoms. The van der Waals surface area contributed by atoms with Crippen LogP contribution in [0.4, 0.5) is 13.2 Å². The van der Waals surface area contributed by atoms with Gasteiger partial charge in [0.2, 0.25) is 0 Å². The van der Waals surface area contributed by atoms with Crippen molar-refractivity contribution >= 4 is 16.0 Å². The molecule has 0 aromatic heterocycles. The molecule has 0 aliphatic heterocycles. The third kappa shape index (κ3) is 7.10. The normalized spacial score (nSPS) is 12.0. The molecule has 0 atom stereocenters. The Balaban J connectivity index is 1.82. The number of rotatable bonds is 9. The number of carbonyl (C=O) groups is 1. The number of benzene rings is 3. The lowest BCUT2D eigenvalue weighted by atomic mass is 10.1. The largest absolute Gasteiger partial charge is 0.416 e. The third-order valence-corrected chi connectivity index (χ3v) is 6.65. The van der Waals surface area contributed by atoms with Gasteiger partial charge in [0.15, 0.2) is 0 Å². The number of carbonyl (C=O) groups excluding carboxylic acids is 1. The van der Waals surface area contributed by atoms with Crippen LogP contribution in [0.15, 0.2) is 77.7 Å². The van der Waals surface area contributed by atoms with E-state index in [9.17, 15) is 26.4 Å². The number of halogens is 3. The molecular formula is C27H28F3NO4S. The lowest BCUT2D eigenvalue weighted by Gasteiger charge is -2.25. The molecule has 5 nitrogen and oxygen atoms in total. The maximum Gasteiger partial charge on any atom is 0.416 e. The summed E-state index contributed by atoms with van der Waals surface area (Å²) in [4.78, 5) is 14.3. The zero-order valence-corrected chi connectivity index (χ0v) is 21.1. The summed E-state index contributed by atoms with van der Waals surface area (Å²) >= 11 is 0. The monoisotopic (exact) mass is 519 g/mol. The first-order valence-corrected chi connectivity index (χ1v) is 12.9. The van der Waals surface area contributed by atoms with Crippen molar-refractivity contribution in [3.05, 3.63) is 95.1 Å². The molecule has 3 aromatic rings. The molecule has 0 saturated heterocycles. The highest BCUT2D eigenvalue weighted by Crippen LogP contribution is 2.31. The molecule has 0 fully saturated rings. The van der Waals surface area contributed by atoms with E-state index in [4.69, 9.17) is 4.18 Å². The highest BCUT2D eigenvalue weighted by Gasteiger charge is 2.32. The number of hydrogen-bond donors (Lipinski definition) is 0. The average molecular weight is 520 g/mol. The molecule has 0 N–H and O–H groups in total. The fourth-order valence-electron chi connectivity index (χ4n) is 3.64. The molecule has 0 radical (unpaired) electrons. The van der Waals surface area contributed by atoms with E-state index in [0.29, 0.717) is 23.7 Å². The maximum atomic E-state index is 13.2. The van der Waals surface area contributed by atoms with Crippen molar-refractivity contribution < 1.29 is 30.6 Å². The number of nitrogens with zero attached hydrogens (tertiary/aromatic N) is 1. The van der Waals surface area contributed by atoms with E-state index in [1.807, 2.05) is 32.9 Å². The van der Waals surface area contributed by atoms with Crippen LogP contribution in [-0.4, -0.2) is 25.8 Å². The summed E-state index contributed by atoms with van der Waals surface area (Å²) in [6, 6.07) is 16.9. The standard InChI is InChI=1S/C27H28F3NO4S/c1-4-20-11-13-22(14-12-20)26(32)31(17-19(2)3)18-21-7-5-9-24(15-21)35-36(33,34)25-10-6-8-23(16-25)27(28,29)30/h5-16,19H,4,17-18H2,1-3H3. The quantitative estimate of drug-likeness (QED) is 0.310. The van der Waals surface area contributed by atoms with Gasteiger partial charge in [-0.1, -0.05) is 51.1 Å². The summed E-state index contributed by atoms with van der Waals surface area (Å²) in [5.74, 6) is -0.0343. The first kappa shape index (κ1) is 27.3. The molecule has 0 bridgehead atoms. The van der Waals surface area contributed by atoms with Crippen LogP contribution >= 0.6 is 0 Å². The topological polar surface area (TPSA) is 63.7 Å². The minimum Gasteiger partial charge on any atom is -0.379 e. The SMILES string of the molecule is CCc1ccc(C(=O)N(Cc2cccc(OS(=O)(=O)c3cccc(C(F)(F)F)c3)c2)CC(C)C)cc1. The molecule has 9 heteroatoms. The Kier molecular flexibility index (Phi) is 8.45. The van der Waals surface area contributed by atoms with Crippen molar-refractivity contribution in [1.29, 1.82) is 0 Å². The average Bonchev–Trinajstić information content (AvgIpc) is 2.82. The second kappa shape index (κ2) is 11.2. The fraction of sp³-hybridized carbons (Fsp3) is 0.296. The smallest absolute Gasteiger partial charge is 0.379 e. The Labute approximate surface area is 209 Å². The predicted molar refractivity (Wildman–Crippen MR) is 131 cm³/mol. The van der Waals surface area contributed by atoms with Gasteiger partial charge < -0.3 is 9.08 Å². The van der Waals surface area contributed by atoms with Gasteiger partial charge in [-0.25, -0.2) is 0 Å². The summed E-state index contributed by atoms with van der Waals surface area (Å²) < 4.78 is 69.4. The number of alkyl halides is 3. The van der Waals surface area contributed by atoms with E-state index in [0.717, 1.165) is 30.2 Å². The van der Waals surface area contributed by atoms with Crippen molar-refractivity contribution in [1.82, 2.24) is 4.90 Å². The van der Waals surface area contributed by atoms with E-state index in [1.54, 1.807) is 29.2 Å². The Bertz CT molecular complexity index is 1300. The van der Waals surface area contributed by atoms with Crippen molar-refractivity contribution in [2.45, 2.75) is 44.8 Å². The first-order chi connectivity index (χ1) is 16.9.